The summed E-state index contributed by atoms with van der Waals surface area (Å²) in [5, 5.41) is 2.87. The van der Waals surface area contributed by atoms with Crippen LogP contribution in [-0.2, 0) is 40.4 Å². The van der Waals surface area contributed by atoms with E-state index in [4.69, 9.17) is 4.74 Å². The fourth-order valence-electron chi connectivity index (χ4n) is 4.37. The first-order chi connectivity index (χ1) is 13.0. The monoisotopic (exact) mass is 393 g/mol. The molecule has 0 unspecified atom stereocenters. The second kappa shape index (κ2) is 7.77. The molecular weight excluding hydrogens is 366 g/mol. The van der Waals surface area contributed by atoms with Crippen molar-refractivity contribution in [2.45, 2.75) is 38.5 Å². The van der Waals surface area contributed by atoms with E-state index in [9.17, 15) is 13.2 Å². The SMILES string of the molecule is O=C(Nc1c2c(cc3c1CCC3)CCC2)NS(=O)(=O)CCN1CCOCC1. The number of nitrogens with zero attached hydrogens (tertiary/aromatic N) is 1. The molecule has 4 rings (SSSR count). The Labute approximate surface area is 160 Å². The summed E-state index contributed by atoms with van der Waals surface area (Å²) in [5.74, 6) is -0.0918. The predicted octanol–water partition coefficient (Wildman–Crippen LogP) is 1.45. The van der Waals surface area contributed by atoms with Gasteiger partial charge in [-0.2, -0.15) is 0 Å². The van der Waals surface area contributed by atoms with Gasteiger partial charge in [0, 0.05) is 25.3 Å². The number of hydrogen-bond donors (Lipinski definition) is 2. The lowest BCUT2D eigenvalue weighted by Gasteiger charge is -2.26. The van der Waals surface area contributed by atoms with Gasteiger partial charge in [0.2, 0.25) is 10.0 Å². The van der Waals surface area contributed by atoms with Crippen molar-refractivity contribution in [2.75, 3.05) is 43.9 Å². The largest absolute Gasteiger partial charge is 0.379 e. The molecular formula is C19H27N3O4S. The summed E-state index contributed by atoms with van der Waals surface area (Å²) in [6.07, 6.45) is 6.15. The van der Waals surface area contributed by atoms with Crippen LogP contribution in [0.4, 0.5) is 10.5 Å². The molecule has 2 N–H and O–H groups in total. The van der Waals surface area contributed by atoms with E-state index in [0.717, 1.165) is 57.3 Å². The van der Waals surface area contributed by atoms with Crippen LogP contribution in [0.2, 0.25) is 0 Å². The standard InChI is InChI=1S/C19H27N3O4S/c23-19(21-27(24,25)12-9-22-7-10-26-11-8-22)20-18-16-5-1-3-14(16)13-15-4-2-6-17(15)18/h13H,1-12H2,(H2,20,21,23). The number of anilines is 1. The van der Waals surface area contributed by atoms with E-state index in [1.807, 2.05) is 4.90 Å². The average Bonchev–Trinajstić information content (AvgIpc) is 3.29. The van der Waals surface area contributed by atoms with Gasteiger partial charge in [0.25, 0.3) is 0 Å². The number of benzene rings is 1. The number of ether oxygens (including phenoxy) is 1. The third-order valence-corrected chi connectivity index (χ3v) is 6.96. The average molecular weight is 394 g/mol. The molecule has 0 saturated carbocycles. The fourth-order valence-corrected chi connectivity index (χ4v) is 5.31. The van der Waals surface area contributed by atoms with Crippen molar-refractivity contribution in [1.82, 2.24) is 9.62 Å². The van der Waals surface area contributed by atoms with Crippen LogP contribution in [0.1, 0.15) is 35.1 Å². The molecule has 8 heteroatoms. The van der Waals surface area contributed by atoms with E-state index >= 15 is 0 Å². The summed E-state index contributed by atoms with van der Waals surface area (Å²) in [6, 6.07) is 1.64. The molecule has 0 bridgehead atoms. The molecule has 0 atom stereocenters. The van der Waals surface area contributed by atoms with Crippen molar-refractivity contribution < 1.29 is 17.9 Å². The van der Waals surface area contributed by atoms with Gasteiger partial charge in [-0.1, -0.05) is 6.07 Å². The molecule has 1 aromatic rings. The zero-order valence-corrected chi connectivity index (χ0v) is 16.4. The maximum atomic E-state index is 12.4. The zero-order valence-electron chi connectivity index (χ0n) is 15.6. The first kappa shape index (κ1) is 18.7. The van der Waals surface area contributed by atoms with E-state index in [1.165, 1.54) is 22.3 Å². The van der Waals surface area contributed by atoms with E-state index in [0.29, 0.717) is 19.8 Å². The summed E-state index contributed by atoms with van der Waals surface area (Å²) < 4.78 is 32.1. The van der Waals surface area contributed by atoms with Crippen LogP contribution in [0.3, 0.4) is 0 Å². The third kappa shape index (κ3) is 4.28. The van der Waals surface area contributed by atoms with Gasteiger partial charge in [0.1, 0.15) is 0 Å². The fraction of sp³-hybridized carbons (Fsp3) is 0.632. The van der Waals surface area contributed by atoms with Crippen molar-refractivity contribution in [3.05, 3.63) is 28.3 Å². The van der Waals surface area contributed by atoms with Gasteiger partial charge < -0.3 is 10.1 Å². The molecule has 1 heterocycles. The molecule has 1 fully saturated rings. The van der Waals surface area contributed by atoms with Gasteiger partial charge in [-0.3, -0.25) is 4.90 Å². The number of morpholine rings is 1. The first-order valence-corrected chi connectivity index (χ1v) is 11.5. The van der Waals surface area contributed by atoms with Crippen LogP contribution >= 0.6 is 0 Å². The summed E-state index contributed by atoms with van der Waals surface area (Å²) in [4.78, 5) is 14.5. The minimum Gasteiger partial charge on any atom is -0.379 e. The number of nitrogens with one attached hydrogen (secondary N) is 2. The molecule has 7 nitrogen and oxygen atoms in total. The molecule has 0 spiro atoms. The summed E-state index contributed by atoms with van der Waals surface area (Å²) in [5.41, 5.74) is 5.86. The Kier molecular flexibility index (Phi) is 5.39. The Morgan fingerprint density at radius 2 is 1.67 bits per heavy atom. The van der Waals surface area contributed by atoms with Gasteiger partial charge in [-0.05, 0) is 60.8 Å². The second-order valence-corrected chi connectivity index (χ2v) is 9.40. The quantitative estimate of drug-likeness (QED) is 0.791. The van der Waals surface area contributed by atoms with E-state index in [-0.39, 0.29) is 5.75 Å². The minimum atomic E-state index is -3.67. The van der Waals surface area contributed by atoms with Gasteiger partial charge in [0.05, 0.1) is 19.0 Å². The second-order valence-electron chi connectivity index (χ2n) is 7.56. The smallest absolute Gasteiger partial charge is 0.332 e. The number of carbonyl (C=O) groups excluding carboxylic acids is 1. The van der Waals surface area contributed by atoms with E-state index < -0.39 is 16.1 Å². The molecule has 27 heavy (non-hydrogen) atoms. The number of fused-ring (bicyclic) bond motifs is 2. The number of carbonyl (C=O) groups is 1. The zero-order chi connectivity index (χ0) is 18.9. The summed E-state index contributed by atoms with van der Waals surface area (Å²) in [7, 11) is -3.67. The highest BCUT2D eigenvalue weighted by Crippen LogP contribution is 2.38. The first-order valence-electron chi connectivity index (χ1n) is 9.80. The van der Waals surface area contributed by atoms with Crippen molar-refractivity contribution in [3.63, 3.8) is 0 Å². The van der Waals surface area contributed by atoms with Crippen molar-refractivity contribution in [3.8, 4) is 0 Å². The van der Waals surface area contributed by atoms with Crippen LogP contribution in [0.25, 0.3) is 0 Å². The minimum absolute atomic E-state index is 0.0918. The Balaban J connectivity index is 1.41. The number of hydrogen-bond acceptors (Lipinski definition) is 5. The van der Waals surface area contributed by atoms with Crippen LogP contribution in [0, 0.1) is 0 Å². The number of amides is 2. The highest BCUT2D eigenvalue weighted by molar-refractivity contribution is 7.90. The van der Waals surface area contributed by atoms with Gasteiger partial charge >= 0.3 is 6.03 Å². The molecule has 0 aromatic heterocycles. The van der Waals surface area contributed by atoms with Crippen LogP contribution in [-0.4, -0.2) is 57.9 Å². The molecule has 2 aliphatic carbocycles. The molecule has 1 saturated heterocycles. The molecule has 1 aromatic carbocycles. The molecule has 0 radical (unpaired) electrons. The number of rotatable bonds is 5. The van der Waals surface area contributed by atoms with Crippen LogP contribution in [0.15, 0.2) is 6.07 Å². The normalized spacial score (nSPS) is 19.6. The Hall–Kier alpha value is -1.64. The predicted molar refractivity (Wildman–Crippen MR) is 104 cm³/mol. The Bertz CT molecular complexity index is 800. The lowest BCUT2D eigenvalue weighted by molar-refractivity contribution is 0.0408. The molecule has 3 aliphatic rings. The van der Waals surface area contributed by atoms with Gasteiger partial charge in [-0.15, -0.1) is 0 Å². The van der Waals surface area contributed by atoms with Crippen molar-refractivity contribution in [2.24, 2.45) is 0 Å². The lowest BCUT2D eigenvalue weighted by atomic mass is 9.99. The summed E-state index contributed by atoms with van der Waals surface area (Å²) in [6.45, 7) is 3.10. The Morgan fingerprint density at radius 3 is 2.30 bits per heavy atom. The summed E-state index contributed by atoms with van der Waals surface area (Å²) >= 11 is 0. The van der Waals surface area contributed by atoms with Gasteiger partial charge in [0.15, 0.2) is 0 Å². The maximum Gasteiger partial charge on any atom is 0.332 e. The molecule has 2 amide bonds. The number of sulfonamides is 1. The topological polar surface area (TPSA) is 87.7 Å². The van der Waals surface area contributed by atoms with Crippen LogP contribution < -0.4 is 10.0 Å². The Morgan fingerprint density at radius 1 is 1.04 bits per heavy atom. The number of urea groups is 1. The van der Waals surface area contributed by atoms with E-state index in [2.05, 4.69) is 16.1 Å². The van der Waals surface area contributed by atoms with Crippen LogP contribution in [0.5, 0.6) is 0 Å². The maximum absolute atomic E-state index is 12.4. The number of aryl methyl sites for hydroxylation is 2. The van der Waals surface area contributed by atoms with Gasteiger partial charge in [-0.25, -0.2) is 17.9 Å². The molecule has 148 valence electrons. The third-order valence-electron chi connectivity index (χ3n) is 5.74. The van der Waals surface area contributed by atoms with E-state index in [1.54, 1.807) is 0 Å². The highest BCUT2D eigenvalue weighted by atomic mass is 32.2. The van der Waals surface area contributed by atoms with Crippen molar-refractivity contribution >= 4 is 21.7 Å². The highest BCUT2D eigenvalue weighted by Gasteiger charge is 2.26. The molecule has 1 aliphatic heterocycles. The van der Waals surface area contributed by atoms with Crippen molar-refractivity contribution in [1.29, 1.82) is 0 Å². The lowest BCUT2D eigenvalue weighted by Crippen LogP contribution is -2.43.